The van der Waals surface area contributed by atoms with E-state index in [4.69, 9.17) is 21.1 Å². The van der Waals surface area contributed by atoms with E-state index < -0.39 is 4.92 Å². The predicted molar refractivity (Wildman–Crippen MR) is 76.1 cm³/mol. The van der Waals surface area contributed by atoms with Gasteiger partial charge in [0.05, 0.1) is 4.92 Å². The lowest BCUT2D eigenvalue weighted by molar-refractivity contribution is -0.384. The van der Waals surface area contributed by atoms with Crippen LogP contribution in [0.5, 0.6) is 0 Å². The molecule has 1 saturated heterocycles. The van der Waals surface area contributed by atoms with Gasteiger partial charge < -0.3 is 9.47 Å². The van der Waals surface area contributed by atoms with Crippen LogP contribution in [0.2, 0.25) is 5.02 Å². The van der Waals surface area contributed by atoms with Crippen LogP contribution in [0.3, 0.4) is 0 Å². The van der Waals surface area contributed by atoms with E-state index in [-0.39, 0.29) is 23.3 Å². The molecule has 0 aromatic heterocycles. The first-order chi connectivity index (χ1) is 10.1. The molecule has 1 heterocycles. The number of carbonyl (C=O) groups excluding carboxylic acids is 1. The topological polar surface area (TPSA) is 78.7 Å². The van der Waals surface area contributed by atoms with Crippen LogP contribution in [0, 0.1) is 16.0 Å². The molecule has 1 aliphatic rings. The number of nitro benzene ring substituents is 1. The van der Waals surface area contributed by atoms with E-state index in [0.29, 0.717) is 31.1 Å². The van der Waals surface area contributed by atoms with E-state index in [1.165, 1.54) is 12.1 Å². The largest absolute Gasteiger partial charge is 0.461 e. The fraction of sp³-hybridized carbons (Fsp3) is 0.500. The number of carbonyl (C=O) groups is 1. The minimum atomic E-state index is -0.560. The van der Waals surface area contributed by atoms with Gasteiger partial charge in [-0.3, -0.25) is 14.9 Å². The molecule has 0 amide bonds. The van der Waals surface area contributed by atoms with Crippen molar-refractivity contribution in [3.8, 4) is 0 Å². The molecular weight excluding hydrogens is 298 g/mol. The van der Waals surface area contributed by atoms with Gasteiger partial charge in [-0.25, -0.2) is 0 Å². The van der Waals surface area contributed by atoms with E-state index >= 15 is 0 Å². The second-order valence-electron chi connectivity index (χ2n) is 4.96. The Morgan fingerprint density at radius 1 is 1.43 bits per heavy atom. The standard InChI is InChI=1S/C14H16ClNO5/c15-12-2-1-11(7-13(12)16(18)19)9-21-14(17)8-10-3-5-20-6-4-10/h1-2,7,10H,3-6,8-9H2. The molecule has 0 radical (unpaired) electrons. The summed E-state index contributed by atoms with van der Waals surface area (Å²) in [4.78, 5) is 22.0. The van der Waals surface area contributed by atoms with Gasteiger partial charge in [-0.05, 0) is 30.4 Å². The molecule has 0 spiro atoms. The Morgan fingerprint density at radius 3 is 2.81 bits per heavy atom. The molecule has 0 aliphatic carbocycles. The molecule has 0 unspecified atom stereocenters. The molecule has 0 saturated carbocycles. The third-order valence-corrected chi connectivity index (χ3v) is 3.72. The third kappa shape index (κ3) is 4.68. The fourth-order valence-electron chi connectivity index (χ4n) is 2.20. The van der Waals surface area contributed by atoms with Crippen LogP contribution in [0.4, 0.5) is 5.69 Å². The molecule has 21 heavy (non-hydrogen) atoms. The minimum Gasteiger partial charge on any atom is -0.461 e. The van der Waals surface area contributed by atoms with Crippen LogP contribution in [-0.2, 0) is 20.9 Å². The highest BCUT2D eigenvalue weighted by atomic mass is 35.5. The molecule has 114 valence electrons. The van der Waals surface area contributed by atoms with Crippen LogP contribution in [0.15, 0.2) is 18.2 Å². The molecule has 1 aromatic carbocycles. The van der Waals surface area contributed by atoms with Crippen molar-refractivity contribution in [3.63, 3.8) is 0 Å². The number of hydrogen-bond donors (Lipinski definition) is 0. The molecule has 6 nitrogen and oxygen atoms in total. The molecule has 0 bridgehead atoms. The van der Waals surface area contributed by atoms with Gasteiger partial charge in [0.15, 0.2) is 0 Å². The lowest BCUT2D eigenvalue weighted by Crippen LogP contribution is -2.19. The first-order valence-corrected chi connectivity index (χ1v) is 7.10. The summed E-state index contributed by atoms with van der Waals surface area (Å²) in [7, 11) is 0. The van der Waals surface area contributed by atoms with E-state index in [1.54, 1.807) is 6.07 Å². The van der Waals surface area contributed by atoms with Crippen molar-refractivity contribution in [1.82, 2.24) is 0 Å². The number of esters is 1. The molecule has 7 heteroatoms. The summed E-state index contributed by atoms with van der Waals surface area (Å²) < 4.78 is 10.4. The summed E-state index contributed by atoms with van der Waals surface area (Å²) in [5.74, 6) is 0.00491. The highest BCUT2D eigenvalue weighted by Gasteiger charge is 2.19. The first kappa shape index (κ1) is 15.7. The highest BCUT2D eigenvalue weighted by Crippen LogP contribution is 2.25. The van der Waals surface area contributed by atoms with Crippen molar-refractivity contribution in [3.05, 3.63) is 38.9 Å². The van der Waals surface area contributed by atoms with Crippen LogP contribution < -0.4 is 0 Å². The molecule has 0 atom stereocenters. The Hall–Kier alpha value is -1.66. The number of benzene rings is 1. The molecule has 0 N–H and O–H groups in total. The maximum atomic E-state index is 11.7. The lowest BCUT2D eigenvalue weighted by atomic mass is 9.97. The lowest BCUT2D eigenvalue weighted by Gasteiger charge is -2.20. The van der Waals surface area contributed by atoms with Crippen molar-refractivity contribution in [2.45, 2.75) is 25.9 Å². The van der Waals surface area contributed by atoms with Gasteiger partial charge in [0.2, 0.25) is 0 Å². The quantitative estimate of drug-likeness (QED) is 0.474. The number of rotatable bonds is 5. The zero-order valence-corrected chi connectivity index (χ0v) is 12.2. The van der Waals surface area contributed by atoms with Gasteiger partial charge >= 0.3 is 5.97 Å². The van der Waals surface area contributed by atoms with Gasteiger partial charge in [0, 0.05) is 25.7 Å². The Balaban J connectivity index is 1.86. The summed E-state index contributed by atoms with van der Waals surface area (Å²) in [6, 6.07) is 4.36. The molecular formula is C14H16ClNO5. The van der Waals surface area contributed by atoms with Crippen LogP contribution in [0.1, 0.15) is 24.8 Å². The average molecular weight is 314 g/mol. The smallest absolute Gasteiger partial charge is 0.306 e. The second kappa shape index (κ2) is 7.38. The van der Waals surface area contributed by atoms with Crippen molar-refractivity contribution in [2.24, 2.45) is 5.92 Å². The Labute approximate surface area is 127 Å². The summed E-state index contributed by atoms with van der Waals surface area (Å²) >= 11 is 5.72. The van der Waals surface area contributed by atoms with Gasteiger partial charge in [0.1, 0.15) is 11.6 Å². The summed E-state index contributed by atoms with van der Waals surface area (Å²) in [6.45, 7) is 1.38. The van der Waals surface area contributed by atoms with Gasteiger partial charge in [-0.15, -0.1) is 0 Å². The Bertz CT molecular complexity index is 528. The monoisotopic (exact) mass is 313 g/mol. The van der Waals surface area contributed by atoms with Gasteiger partial charge in [-0.1, -0.05) is 17.7 Å². The van der Waals surface area contributed by atoms with E-state index in [0.717, 1.165) is 12.8 Å². The molecule has 1 fully saturated rings. The van der Waals surface area contributed by atoms with E-state index in [9.17, 15) is 14.9 Å². The minimum absolute atomic E-state index is 0.0140. The van der Waals surface area contributed by atoms with E-state index in [1.807, 2.05) is 0 Å². The zero-order valence-electron chi connectivity index (χ0n) is 11.4. The second-order valence-corrected chi connectivity index (χ2v) is 5.37. The molecule has 2 rings (SSSR count). The van der Waals surface area contributed by atoms with Gasteiger partial charge in [-0.2, -0.15) is 0 Å². The first-order valence-electron chi connectivity index (χ1n) is 6.72. The number of ether oxygens (including phenoxy) is 2. The Morgan fingerprint density at radius 2 is 2.14 bits per heavy atom. The van der Waals surface area contributed by atoms with Crippen LogP contribution in [-0.4, -0.2) is 24.1 Å². The third-order valence-electron chi connectivity index (χ3n) is 3.40. The fourth-order valence-corrected chi connectivity index (χ4v) is 2.38. The number of halogens is 1. The summed E-state index contributed by atoms with van der Waals surface area (Å²) in [5.41, 5.74) is 0.362. The zero-order chi connectivity index (χ0) is 15.2. The van der Waals surface area contributed by atoms with Crippen molar-refractivity contribution in [1.29, 1.82) is 0 Å². The average Bonchev–Trinajstić information content (AvgIpc) is 2.47. The highest BCUT2D eigenvalue weighted by molar-refractivity contribution is 6.32. The van der Waals surface area contributed by atoms with Crippen LogP contribution >= 0.6 is 11.6 Å². The predicted octanol–water partition coefficient (Wildman–Crippen LogP) is 3.11. The van der Waals surface area contributed by atoms with Crippen molar-refractivity contribution in [2.75, 3.05) is 13.2 Å². The number of hydrogen-bond acceptors (Lipinski definition) is 5. The summed E-state index contributed by atoms with van der Waals surface area (Å²) in [5, 5.41) is 10.8. The SMILES string of the molecule is O=C(CC1CCOCC1)OCc1ccc(Cl)c([N+](=O)[O-])c1. The van der Waals surface area contributed by atoms with E-state index in [2.05, 4.69) is 0 Å². The summed E-state index contributed by atoms with van der Waals surface area (Å²) in [6.07, 6.45) is 2.09. The molecule has 1 aromatic rings. The maximum absolute atomic E-state index is 11.7. The van der Waals surface area contributed by atoms with Crippen molar-refractivity contribution >= 4 is 23.3 Å². The number of nitro groups is 1. The Kier molecular flexibility index (Phi) is 5.52. The number of nitrogens with zero attached hydrogens (tertiary/aromatic N) is 1. The molecule has 1 aliphatic heterocycles. The van der Waals surface area contributed by atoms with Crippen LogP contribution in [0.25, 0.3) is 0 Å². The normalized spacial score (nSPS) is 15.7. The maximum Gasteiger partial charge on any atom is 0.306 e. The van der Waals surface area contributed by atoms with Crippen molar-refractivity contribution < 1.29 is 19.2 Å². The van der Waals surface area contributed by atoms with Gasteiger partial charge in [0.25, 0.3) is 5.69 Å².